The normalized spacial score (nSPS) is 20.4. The first-order valence-corrected chi connectivity index (χ1v) is 6.81. The van der Waals surface area contributed by atoms with E-state index in [1.807, 2.05) is 6.92 Å². The number of oxazole rings is 1. The molecule has 2 rings (SSSR count). The van der Waals surface area contributed by atoms with Crippen LogP contribution in [0.1, 0.15) is 55.0 Å². The van der Waals surface area contributed by atoms with Gasteiger partial charge in [0.25, 0.3) is 5.91 Å². The van der Waals surface area contributed by atoms with E-state index in [-0.39, 0.29) is 23.7 Å². The molecule has 1 amide bonds. The molecule has 0 saturated carbocycles. The average molecular weight is 267 g/mol. The molecule has 2 unspecified atom stereocenters. The maximum Gasteiger partial charge on any atom is 0.273 e. The SMILES string of the molecule is CCCC(N)c1nc(C(=O)NCC2CCCO2)co1. The molecule has 2 heterocycles. The van der Waals surface area contributed by atoms with Gasteiger partial charge < -0.3 is 20.2 Å². The molecule has 1 aliphatic rings. The lowest BCUT2D eigenvalue weighted by atomic mass is 10.2. The molecule has 2 atom stereocenters. The van der Waals surface area contributed by atoms with E-state index < -0.39 is 0 Å². The van der Waals surface area contributed by atoms with Gasteiger partial charge in [0.15, 0.2) is 5.69 Å². The topological polar surface area (TPSA) is 90.4 Å². The van der Waals surface area contributed by atoms with Crippen LogP contribution in [0.2, 0.25) is 0 Å². The second-order valence-corrected chi connectivity index (χ2v) is 4.81. The van der Waals surface area contributed by atoms with Gasteiger partial charge in [-0.25, -0.2) is 4.98 Å². The molecule has 1 aromatic rings. The summed E-state index contributed by atoms with van der Waals surface area (Å²) in [6, 6.07) is -0.246. The Morgan fingerprint density at radius 1 is 1.68 bits per heavy atom. The first-order valence-electron chi connectivity index (χ1n) is 6.81. The summed E-state index contributed by atoms with van der Waals surface area (Å²) in [6.07, 6.45) is 5.27. The van der Waals surface area contributed by atoms with E-state index in [1.165, 1.54) is 6.26 Å². The summed E-state index contributed by atoms with van der Waals surface area (Å²) in [7, 11) is 0. The summed E-state index contributed by atoms with van der Waals surface area (Å²) in [6.45, 7) is 3.33. The number of nitrogens with two attached hydrogens (primary N) is 1. The van der Waals surface area contributed by atoms with Crippen LogP contribution in [-0.2, 0) is 4.74 Å². The summed E-state index contributed by atoms with van der Waals surface area (Å²) < 4.78 is 10.7. The molecule has 0 radical (unpaired) electrons. The average Bonchev–Trinajstić information content (AvgIpc) is 3.07. The molecule has 106 valence electrons. The lowest BCUT2D eigenvalue weighted by molar-refractivity contribution is 0.0853. The van der Waals surface area contributed by atoms with Gasteiger partial charge in [-0.1, -0.05) is 13.3 Å². The highest BCUT2D eigenvalue weighted by Crippen LogP contribution is 2.15. The van der Waals surface area contributed by atoms with Gasteiger partial charge in [-0.05, 0) is 19.3 Å². The fourth-order valence-corrected chi connectivity index (χ4v) is 2.10. The standard InChI is InChI=1S/C13H21N3O3/c1-2-4-10(14)13-16-11(8-19-13)12(17)15-7-9-5-3-6-18-9/h8-10H,2-7,14H2,1H3,(H,15,17). The molecule has 6 nitrogen and oxygen atoms in total. The third-order valence-electron chi connectivity index (χ3n) is 3.19. The fraction of sp³-hybridized carbons (Fsp3) is 0.692. The van der Waals surface area contributed by atoms with Gasteiger partial charge in [0.1, 0.15) is 6.26 Å². The van der Waals surface area contributed by atoms with Crippen molar-refractivity contribution in [2.75, 3.05) is 13.2 Å². The van der Waals surface area contributed by atoms with Crippen LogP contribution >= 0.6 is 0 Å². The van der Waals surface area contributed by atoms with Gasteiger partial charge in [0.05, 0.1) is 12.1 Å². The smallest absolute Gasteiger partial charge is 0.273 e. The van der Waals surface area contributed by atoms with Crippen molar-refractivity contribution < 1.29 is 13.9 Å². The molecule has 1 saturated heterocycles. The summed E-state index contributed by atoms with van der Waals surface area (Å²) >= 11 is 0. The van der Waals surface area contributed by atoms with Crippen LogP contribution < -0.4 is 11.1 Å². The van der Waals surface area contributed by atoms with Crippen molar-refractivity contribution >= 4 is 5.91 Å². The third kappa shape index (κ3) is 3.78. The second kappa shape index (κ2) is 6.68. The first-order chi connectivity index (χ1) is 9.20. The number of rotatable bonds is 6. The highest BCUT2D eigenvalue weighted by molar-refractivity contribution is 5.91. The van der Waals surface area contributed by atoms with Crippen LogP contribution in [0.4, 0.5) is 0 Å². The Balaban J connectivity index is 1.84. The highest BCUT2D eigenvalue weighted by atomic mass is 16.5. The van der Waals surface area contributed by atoms with E-state index in [1.54, 1.807) is 0 Å². The maximum absolute atomic E-state index is 11.9. The Bertz CT molecular complexity index is 413. The zero-order valence-corrected chi connectivity index (χ0v) is 11.2. The van der Waals surface area contributed by atoms with Crippen molar-refractivity contribution in [2.45, 2.75) is 44.8 Å². The lowest BCUT2D eigenvalue weighted by Crippen LogP contribution is -2.32. The van der Waals surface area contributed by atoms with Crippen LogP contribution in [0.5, 0.6) is 0 Å². The molecular formula is C13H21N3O3. The first kappa shape index (κ1) is 14.0. The number of hydrogen-bond acceptors (Lipinski definition) is 5. The van der Waals surface area contributed by atoms with Gasteiger partial charge in [-0.15, -0.1) is 0 Å². The number of carbonyl (C=O) groups excluding carboxylic acids is 1. The molecule has 1 aromatic heterocycles. The van der Waals surface area contributed by atoms with E-state index >= 15 is 0 Å². The number of nitrogens with one attached hydrogen (secondary N) is 1. The lowest BCUT2D eigenvalue weighted by Gasteiger charge is -2.09. The number of ether oxygens (including phenoxy) is 1. The van der Waals surface area contributed by atoms with E-state index in [0.29, 0.717) is 12.4 Å². The molecule has 0 aliphatic carbocycles. The molecular weight excluding hydrogens is 246 g/mol. The number of amides is 1. The van der Waals surface area contributed by atoms with Gasteiger partial charge in [0.2, 0.25) is 5.89 Å². The Labute approximate surface area is 112 Å². The van der Waals surface area contributed by atoms with E-state index in [2.05, 4.69) is 10.3 Å². The van der Waals surface area contributed by atoms with Crippen LogP contribution in [0.3, 0.4) is 0 Å². The zero-order valence-electron chi connectivity index (χ0n) is 11.2. The summed E-state index contributed by atoms with van der Waals surface area (Å²) in [5.74, 6) is 0.179. The highest BCUT2D eigenvalue weighted by Gasteiger charge is 2.19. The van der Waals surface area contributed by atoms with E-state index in [4.69, 9.17) is 14.9 Å². The molecule has 0 aromatic carbocycles. The second-order valence-electron chi connectivity index (χ2n) is 4.81. The summed E-state index contributed by atoms with van der Waals surface area (Å²) in [4.78, 5) is 16.0. The van der Waals surface area contributed by atoms with Crippen molar-refractivity contribution in [3.8, 4) is 0 Å². The van der Waals surface area contributed by atoms with Crippen molar-refractivity contribution in [1.29, 1.82) is 0 Å². The van der Waals surface area contributed by atoms with Crippen LogP contribution in [0.15, 0.2) is 10.7 Å². The minimum absolute atomic E-state index is 0.123. The monoisotopic (exact) mass is 267 g/mol. The Morgan fingerprint density at radius 2 is 2.53 bits per heavy atom. The van der Waals surface area contributed by atoms with Crippen molar-refractivity contribution in [2.24, 2.45) is 5.73 Å². The zero-order chi connectivity index (χ0) is 13.7. The van der Waals surface area contributed by atoms with Gasteiger partial charge in [-0.3, -0.25) is 4.79 Å². The van der Waals surface area contributed by atoms with Crippen LogP contribution in [0.25, 0.3) is 0 Å². The summed E-state index contributed by atoms with van der Waals surface area (Å²) in [5, 5.41) is 2.80. The summed E-state index contributed by atoms with van der Waals surface area (Å²) in [5.41, 5.74) is 6.16. The minimum atomic E-state index is -0.246. The van der Waals surface area contributed by atoms with Crippen LogP contribution in [0, 0.1) is 0 Å². The van der Waals surface area contributed by atoms with Crippen molar-refractivity contribution in [3.63, 3.8) is 0 Å². The molecule has 6 heteroatoms. The third-order valence-corrected chi connectivity index (χ3v) is 3.19. The molecule has 3 N–H and O–H groups in total. The van der Waals surface area contributed by atoms with Gasteiger partial charge in [0, 0.05) is 13.2 Å². The number of hydrogen-bond donors (Lipinski definition) is 2. The predicted octanol–water partition coefficient (Wildman–Crippen LogP) is 1.38. The Morgan fingerprint density at radius 3 is 3.21 bits per heavy atom. The quantitative estimate of drug-likeness (QED) is 0.812. The van der Waals surface area contributed by atoms with Gasteiger partial charge in [-0.2, -0.15) is 0 Å². The van der Waals surface area contributed by atoms with E-state index in [0.717, 1.165) is 32.3 Å². The Hall–Kier alpha value is -1.40. The van der Waals surface area contributed by atoms with Crippen molar-refractivity contribution in [3.05, 3.63) is 17.8 Å². The number of aromatic nitrogens is 1. The predicted molar refractivity (Wildman–Crippen MR) is 69.6 cm³/mol. The van der Waals surface area contributed by atoms with Gasteiger partial charge >= 0.3 is 0 Å². The molecule has 1 aliphatic heterocycles. The van der Waals surface area contributed by atoms with E-state index in [9.17, 15) is 4.79 Å². The fourth-order valence-electron chi connectivity index (χ4n) is 2.10. The van der Waals surface area contributed by atoms with Crippen molar-refractivity contribution in [1.82, 2.24) is 10.3 Å². The maximum atomic E-state index is 11.9. The Kier molecular flexibility index (Phi) is 4.93. The van der Waals surface area contributed by atoms with Crippen LogP contribution in [-0.4, -0.2) is 30.1 Å². The molecule has 19 heavy (non-hydrogen) atoms. The minimum Gasteiger partial charge on any atom is -0.446 e. The number of carbonyl (C=O) groups is 1. The largest absolute Gasteiger partial charge is 0.446 e. The molecule has 1 fully saturated rings. The molecule has 0 bridgehead atoms. The molecule has 0 spiro atoms. The number of nitrogens with zero attached hydrogens (tertiary/aromatic N) is 1.